The van der Waals surface area contributed by atoms with Crippen LogP contribution in [0.1, 0.15) is 38.3 Å². The average Bonchev–Trinajstić information content (AvgIpc) is 2.97. The Labute approximate surface area is 120 Å². The monoisotopic (exact) mass is 276 g/mol. The summed E-state index contributed by atoms with van der Waals surface area (Å²) in [5.74, 6) is 0.991. The van der Waals surface area contributed by atoms with Gasteiger partial charge in [-0.1, -0.05) is 19.1 Å². The largest absolute Gasteiger partial charge is 0.497 e. The van der Waals surface area contributed by atoms with Crippen molar-refractivity contribution in [1.82, 2.24) is 10.6 Å². The molecule has 4 heteroatoms. The van der Waals surface area contributed by atoms with Gasteiger partial charge in [-0.25, -0.2) is 0 Å². The second-order valence-corrected chi connectivity index (χ2v) is 5.53. The molecule has 1 aromatic rings. The highest BCUT2D eigenvalue weighted by Gasteiger charge is 2.39. The fourth-order valence-corrected chi connectivity index (χ4v) is 2.73. The van der Waals surface area contributed by atoms with E-state index in [1.807, 2.05) is 31.2 Å². The van der Waals surface area contributed by atoms with Gasteiger partial charge in [0, 0.05) is 6.54 Å². The molecular formula is C16H24N2O2. The van der Waals surface area contributed by atoms with Crippen molar-refractivity contribution in [2.45, 2.75) is 32.7 Å². The molecule has 20 heavy (non-hydrogen) atoms. The first-order valence-corrected chi connectivity index (χ1v) is 7.27. The summed E-state index contributed by atoms with van der Waals surface area (Å²) in [6.45, 7) is 5.82. The van der Waals surface area contributed by atoms with E-state index in [1.165, 1.54) is 0 Å². The van der Waals surface area contributed by atoms with Crippen LogP contribution in [0.3, 0.4) is 0 Å². The van der Waals surface area contributed by atoms with Gasteiger partial charge in [-0.3, -0.25) is 4.79 Å². The van der Waals surface area contributed by atoms with Crippen molar-refractivity contribution in [3.8, 4) is 5.75 Å². The Kier molecular flexibility index (Phi) is 4.65. The van der Waals surface area contributed by atoms with Crippen LogP contribution in [-0.4, -0.2) is 26.1 Å². The number of hydrogen-bond acceptors (Lipinski definition) is 3. The number of benzene rings is 1. The number of rotatable bonds is 5. The molecule has 4 nitrogen and oxygen atoms in total. The molecule has 0 spiro atoms. The predicted molar refractivity (Wildman–Crippen MR) is 79.8 cm³/mol. The summed E-state index contributed by atoms with van der Waals surface area (Å²) in [6.07, 6.45) is 1.80. The maximum absolute atomic E-state index is 12.5. The molecule has 2 N–H and O–H groups in total. The van der Waals surface area contributed by atoms with Crippen molar-refractivity contribution in [3.63, 3.8) is 0 Å². The van der Waals surface area contributed by atoms with Crippen molar-refractivity contribution < 1.29 is 9.53 Å². The van der Waals surface area contributed by atoms with Crippen LogP contribution in [0.15, 0.2) is 24.3 Å². The summed E-state index contributed by atoms with van der Waals surface area (Å²) in [7, 11) is 1.65. The molecule has 0 aromatic heterocycles. The summed E-state index contributed by atoms with van der Waals surface area (Å²) < 4.78 is 5.15. The fraction of sp³-hybridized carbons (Fsp3) is 0.562. The predicted octanol–water partition coefficient (Wildman–Crippen LogP) is 2.26. The van der Waals surface area contributed by atoms with Crippen LogP contribution < -0.4 is 15.4 Å². The van der Waals surface area contributed by atoms with Gasteiger partial charge in [0.15, 0.2) is 0 Å². The first-order valence-electron chi connectivity index (χ1n) is 7.27. The van der Waals surface area contributed by atoms with Gasteiger partial charge in [0.1, 0.15) is 5.75 Å². The molecule has 1 amide bonds. The molecule has 2 unspecified atom stereocenters. The standard InChI is InChI=1S/C16H24N2O2/c1-4-16(9-10-17-11-16)15(19)18-12(2)13-5-7-14(20-3)8-6-13/h5-8,12,17H,4,9-11H2,1-3H3,(H,18,19). The van der Waals surface area contributed by atoms with E-state index < -0.39 is 0 Å². The minimum absolute atomic E-state index is 0.0115. The highest BCUT2D eigenvalue weighted by atomic mass is 16.5. The fourth-order valence-electron chi connectivity index (χ4n) is 2.73. The summed E-state index contributed by atoms with van der Waals surface area (Å²) in [5, 5.41) is 6.44. The zero-order chi connectivity index (χ0) is 14.6. The maximum atomic E-state index is 12.5. The van der Waals surface area contributed by atoms with Crippen LogP contribution in [0.5, 0.6) is 5.75 Å². The summed E-state index contributed by atoms with van der Waals surface area (Å²) in [5.41, 5.74) is 0.858. The van der Waals surface area contributed by atoms with E-state index in [2.05, 4.69) is 17.6 Å². The normalized spacial score (nSPS) is 23.4. The lowest BCUT2D eigenvalue weighted by Gasteiger charge is -2.27. The molecule has 0 bridgehead atoms. The number of carbonyl (C=O) groups excluding carboxylic acids is 1. The molecular weight excluding hydrogens is 252 g/mol. The number of carbonyl (C=O) groups is 1. The van der Waals surface area contributed by atoms with Gasteiger partial charge in [0.25, 0.3) is 0 Å². The molecule has 0 aliphatic carbocycles. The van der Waals surface area contributed by atoms with Crippen molar-refractivity contribution >= 4 is 5.91 Å². The molecule has 0 radical (unpaired) electrons. The molecule has 1 heterocycles. The Morgan fingerprint density at radius 2 is 2.15 bits per heavy atom. The highest BCUT2D eigenvalue weighted by Crippen LogP contribution is 2.30. The van der Waals surface area contributed by atoms with Crippen LogP contribution in [0.4, 0.5) is 0 Å². The molecule has 2 rings (SSSR count). The molecule has 110 valence electrons. The van der Waals surface area contributed by atoms with E-state index >= 15 is 0 Å². The van der Waals surface area contributed by atoms with E-state index in [0.717, 1.165) is 37.2 Å². The van der Waals surface area contributed by atoms with E-state index in [0.29, 0.717) is 0 Å². The molecule has 2 atom stereocenters. The number of hydrogen-bond donors (Lipinski definition) is 2. The lowest BCUT2D eigenvalue weighted by Crippen LogP contribution is -2.43. The first-order chi connectivity index (χ1) is 9.61. The molecule has 0 saturated carbocycles. The van der Waals surface area contributed by atoms with Gasteiger partial charge >= 0.3 is 0 Å². The quantitative estimate of drug-likeness (QED) is 0.867. The van der Waals surface area contributed by atoms with Crippen LogP contribution in [0.25, 0.3) is 0 Å². The van der Waals surface area contributed by atoms with Gasteiger partial charge in [-0.15, -0.1) is 0 Å². The summed E-state index contributed by atoms with van der Waals surface area (Å²) in [4.78, 5) is 12.5. The number of amides is 1. The Hall–Kier alpha value is -1.55. The van der Waals surface area contributed by atoms with E-state index in [4.69, 9.17) is 4.74 Å². The average molecular weight is 276 g/mol. The number of ether oxygens (including phenoxy) is 1. The minimum Gasteiger partial charge on any atom is -0.497 e. The molecule has 1 aromatic carbocycles. The van der Waals surface area contributed by atoms with E-state index in [1.54, 1.807) is 7.11 Å². The molecule has 1 aliphatic heterocycles. The van der Waals surface area contributed by atoms with E-state index in [9.17, 15) is 4.79 Å². The topological polar surface area (TPSA) is 50.4 Å². The Morgan fingerprint density at radius 1 is 1.45 bits per heavy atom. The lowest BCUT2D eigenvalue weighted by molar-refractivity contribution is -0.131. The first kappa shape index (κ1) is 14.9. The lowest BCUT2D eigenvalue weighted by atomic mass is 9.83. The smallest absolute Gasteiger partial charge is 0.228 e. The third-order valence-corrected chi connectivity index (χ3v) is 4.37. The molecule has 1 saturated heterocycles. The van der Waals surface area contributed by atoms with Gasteiger partial charge in [0.2, 0.25) is 5.91 Å². The SMILES string of the molecule is CCC1(C(=O)NC(C)c2ccc(OC)cc2)CCNC1. The van der Waals surface area contributed by atoms with Crippen LogP contribution in [-0.2, 0) is 4.79 Å². The van der Waals surface area contributed by atoms with Crippen molar-refractivity contribution in [2.75, 3.05) is 20.2 Å². The second kappa shape index (κ2) is 6.27. The van der Waals surface area contributed by atoms with E-state index in [-0.39, 0.29) is 17.4 Å². The Bertz CT molecular complexity index is 450. The maximum Gasteiger partial charge on any atom is 0.228 e. The molecule has 1 aliphatic rings. The number of methoxy groups -OCH3 is 1. The summed E-state index contributed by atoms with van der Waals surface area (Å²) in [6, 6.07) is 7.84. The highest BCUT2D eigenvalue weighted by molar-refractivity contribution is 5.83. The van der Waals surface area contributed by atoms with Gasteiger partial charge in [0.05, 0.1) is 18.6 Å². The Morgan fingerprint density at radius 3 is 2.65 bits per heavy atom. The third kappa shape index (κ3) is 2.96. The van der Waals surface area contributed by atoms with Crippen LogP contribution in [0.2, 0.25) is 0 Å². The zero-order valence-electron chi connectivity index (χ0n) is 12.5. The van der Waals surface area contributed by atoms with Crippen molar-refractivity contribution in [2.24, 2.45) is 5.41 Å². The van der Waals surface area contributed by atoms with Gasteiger partial charge in [-0.05, 0) is 44.0 Å². The summed E-state index contributed by atoms with van der Waals surface area (Å²) >= 11 is 0. The van der Waals surface area contributed by atoms with Gasteiger partial charge in [-0.2, -0.15) is 0 Å². The van der Waals surface area contributed by atoms with Crippen LogP contribution in [0, 0.1) is 5.41 Å². The Balaban J connectivity index is 2.02. The van der Waals surface area contributed by atoms with Crippen molar-refractivity contribution in [1.29, 1.82) is 0 Å². The number of nitrogens with one attached hydrogen (secondary N) is 2. The molecule has 1 fully saturated rings. The van der Waals surface area contributed by atoms with Gasteiger partial charge < -0.3 is 15.4 Å². The third-order valence-electron chi connectivity index (χ3n) is 4.37. The van der Waals surface area contributed by atoms with Crippen LogP contribution >= 0.6 is 0 Å². The second-order valence-electron chi connectivity index (χ2n) is 5.53. The minimum atomic E-state index is -0.235. The zero-order valence-corrected chi connectivity index (χ0v) is 12.5. The van der Waals surface area contributed by atoms with Crippen molar-refractivity contribution in [3.05, 3.63) is 29.8 Å².